The Hall–Kier alpha value is -2.04. The van der Waals surface area contributed by atoms with Gasteiger partial charge in [0.1, 0.15) is 11.6 Å². The van der Waals surface area contributed by atoms with Gasteiger partial charge >= 0.3 is 6.09 Å². The number of benzene rings is 1. The smallest absolute Gasteiger partial charge is 0.411 e. The molecule has 2 rings (SSSR count). The van der Waals surface area contributed by atoms with Gasteiger partial charge < -0.3 is 10.5 Å². The minimum atomic E-state index is -0.653. The number of carbonyl (C=O) groups is 2. The molecule has 5 heteroatoms. The Morgan fingerprint density at radius 2 is 1.85 bits per heavy atom. The van der Waals surface area contributed by atoms with Gasteiger partial charge in [0, 0.05) is 6.42 Å². The second-order valence-corrected chi connectivity index (χ2v) is 6.00. The van der Waals surface area contributed by atoms with Crippen LogP contribution in [0, 0.1) is 0 Å². The highest BCUT2D eigenvalue weighted by Crippen LogP contribution is 2.25. The van der Waals surface area contributed by atoms with Crippen molar-refractivity contribution in [3.63, 3.8) is 0 Å². The lowest BCUT2D eigenvalue weighted by Crippen LogP contribution is -2.52. The average molecular weight is 276 g/mol. The molecule has 0 saturated carbocycles. The molecule has 5 nitrogen and oxygen atoms in total. The fourth-order valence-corrected chi connectivity index (χ4v) is 2.29. The van der Waals surface area contributed by atoms with Crippen LogP contribution in [0.3, 0.4) is 0 Å². The van der Waals surface area contributed by atoms with Gasteiger partial charge in [0.25, 0.3) is 0 Å². The first kappa shape index (κ1) is 14.4. The largest absolute Gasteiger partial charge is 0.444 e. The van der Waals surface area contributed by atoms with E-state index in [4.69, 9.17) is 10.5 Å². The number of ether oxygens (including phenoxy) is 1. The SMILES string of the molecule is CC(C)(C)OC(=O)N1Cc2ccccc2C[C@H]1C(N)=O. The molecule has 0 unspecified atom stereocenters. The number of nitrogens with two attached hydrogens (primary N) is 1. The minimum Gasteiger partial charge on any atom is -0.444 e. The van der Waals surface area contributed by atoms with Gasteiger partial charge in [0.2, 0.25) is 5.91 Å². The molecule has 0 radical (unpaired) electrons. The first-order valence-corrected chi connectivity index (χ1v) is 6.63. The normalized spacial score (nSPS) is 18.4. The van der Waals surface area contributed by atoms with Crippen LogP contribution in [0.1, 0.15) is 31.9 Å². The van der Waals surface area contributed by atoms with Crippen molar-refractivity contribution in [2.75, 3.05) is 0 Å². The molecule has 1 heterocycles. The van der Waals surface area contributed by atoms with E-state index in [0.717, 1.165) is 11.1 Å². The zero-order valence-corrected chi connectivity index (χ0v) is 12.1. The fourth-order valence-electron chi connectivity index (χ4n) is 2.29. The van der Waals surface area contributed by atoms with Crippen LogP contribution in [0.15, 0.2) is 24.3 Å². The quantitative estimate of drug-likeness (QED) is 0.850. The van der Waals surface area contributed by atoms with Crippen molar-refractivity contribution < 1.29 is 14.3 Å². The van der Waals surface area contributed by atoms with Crippen LogP contribution in [-0.4, -0.2) is 28.5 Å². The lowest BCUT2D eigenvalue weighted by atomic mass is 9.94. The van der Waals surface area contributed by atoms with Crippen LogP contribution >= 0.6 is 0 Å². The van der Waals surface area contributed by atoms with Crippen LogP contribution < -0.4 is 5.73 Å². The summed E-state index contributed by atoms with van der Waals surface area (Å²) in [6, 6.07) is 7.08. The molecule has 0 spiro atoms. The lowest BCUT2D eigenvalue weighted by molar-refractivity contribution is -0.123. The third kappa shape index (κ3) is 3.10. The van der Waals surface area contributed by atoms with E-state index in [2.05, 4.69) is 0 Å². The van der Waals surface area contributed by atoms with Gasteiger partial charge in [-0.1, -0.05) is 24.3 Å². The van der Waals surface area contributed by atoms with Gasteiger partial charge in [-0.05, 0) is 31.9 Å². The highest BCUT2D eigenvalue weighted by Gasteiger charge is 2.35. The molecule has 108 valence electrons. The summed E-state index contributed by atoms with van der Waals surface area (Å²) in [5, 5.41) is 0. The highest BCUT2D eigenvalue weighted by molar-refractivity contribution is 5.85. The van der Waals surface area contributed by atoms with Gasteiger partial charge in [-0.2, -0.15) is 0 Å². The monoisotopic (exact) mass is 276 g/mol. The van der Waals surface area contributed by atoms with E-state index < -0.39 is 23.6 Å². The van der Waals surface area contributed by atoms with Gasteiger partial charge in [-0.3, -0.25) is 9.69 Å². The molecule has 0 saturated heterocycles. The standard InChI is InChI=1S/C15H20N2O3/c1-15(2,3)20-14(19)17-9-11-7-5-4-6-10(11)8-12(17)13(16)18/h4-7,12H,8-9H2,1-3H3,(H2,16,18)/t12-/m0/s1. The average Bonchev–Trinajstić information content (AvgIpc) is 2.35. The zero-order chi connectivity index (χ0) is 14.9. The zero-order valence-electron chi connectivity index (χ0n) is 12.1. The fraction of sp³-hybridized carbons (Fsp3) is 0.467. The maximum Gasteiger partial charge on any atom is 0.411 e. The van der Waals surface area contributed by atoms with Crippen LogP contribution in [0.5, 0.6) is 0 Å². The number of rotatable bonds is 1. The number of amides is 2. The molecular formula is C15H20N2O3. The molecule has 1 aromatic rings. The van der Waals surface area contributed by atoms with Crippen molar-refractivity contribution in [1.82, 2.24) is 4.90 Å². The first-order valence-electron chi connectivity index (χ1n) is 6.63. The van der Waals surface area contributed by atoms with E-state index in [1.807, 2.05) is 24.3 Å². The summed E-state index contributed by atoms with van der Waals surface area (Å²) >= 11 is 0. The Kier molecular flexibility index (Phi) is 3.70. The molecule has 0 aliphatic carbocycles. The van der Waals surface area contributed by atoms with Gasteiger partial charge in [-0.15, -0.1) is 0 Å². The van der Waals surface area contributed by atoms with Gasteiger partial charge in [0.15, 0.2) is 0 Å². The van der Waals surface area contributed by atoms with Crippen LogP contribution in [0.4, 0.5) is 4.79 Å². The molecule has 0 fully saturated rings. The second kappa shape index (κ2) is 5.15. The lowest BCUT2D eigenvalue weighted by Gasteiger charge is -2.36. The van der Waals surface area contributed by atoms with E-state index >= 15 is 0 Å². The summed E-state index contributed by atoms with van der Waals surface area (Å²) in [5.74, 6) is -0.509. The number of hydrogen-bond acceptors (Lipinski definition) is 3. The molecule has 2 amide bonds. The van der Waals surface area contributed by atoms with Crippen molar-refractivity contribution in [3.05, 3.63) is 35.4 Å². The summed E-state index contributed by atoms with van der Waals surface area (Å²) in [7, 11) is 0. The topological polar surface area (TPSA) is 72.6 Å². The number of carbonyl (C=O) groups excluding carboxylic acids is 2. The summed E-state index contributed by atoms with van der Waals surface area (Å²) in [6.45, 7) is 5.73. The maximum absolute atomic E-state index is 12.2. The Labute approximate surface area is 118 Å². The number of fused-ring (bicyclic) bond motifs is 1. The summed E-state index contributed by atoms with van der Waals surface area (Å²) in [6.07, 6.45) is -0.0686. The first-order chi connectivity index (χ1) is 9.28. The van der Waals surface area contributed by atoms with E-state index in [1.165, 1.54) is 4.90 Å². The van der Waals surface area contributed by atoms with E-state index in [9.17, 15) is 9.59 Å². The predicted octanol–water partition coefficient (Wildman–Crippen LogP) is 1.83. The van der Waals surface area contributed by atoms with Gasteiger partial charge in [-0.25, -0.2) is 4.79 Å². The van der Waals surface area contributed by atoms with Crippen molar-refractivity contribution >= 4 is 12.0 Å². The van der Waals surface area contributed by atoms with Crippen molar-refractivity contribution in [3.8, 4) is 0 Å². The Morgan fingerprint density at radius 3 is 2.40 bits per heavy atom. The number of primary amides is 1. The number of hydrogen-bond donors (Lipinski definition) is 1. The third-order valence-electron chi connectivity index (χ3n) is 3.20. The Bertz CT molecular complexity index is 534. The molecule has 1 aromatic carbocycles. The highest BCUT2D eigenvalue weighted by atomic mass is 16.6. The van der Waals surface area contributed by atoms with Crippen molar-refractivity contribution in [2.24, 2.45) is 5.73 Å². The molecule has 0 bridgehead atoms. The molecular weight excluding hydrogens is 256 g/mol. The van der Waals surface area contributed by atoms with E-state index in [-0.39, 0.29) is 0 Å². The molecule has 1 aliphatic rings. The van der Waals surface area contributed by atoms with Crippen LogP contribution in [0.25, 0.3) is 0 Å². The summed E-state index contributed by atoms with van der Waals surface area (Å²) in [4.78, 5) is 25.3. The number of nitrogens with zero attached hydrogens (tertiary/aromatic N) is 1. The Morgan fingerprint density at radius 1 is 1.25 bits per heavy atom. The van der Waals surface area contributed by atoms with E-state index in [1.54, 1.807) is 20.8 Å². The van der Waals surface area contributed by atoms with E-state index in [0.29, 0.717) is 13.0 Å². The minimum absolute atomic E-state index is 0.346. The molecule has 1 aliphatic heterocycles. The predicted molar refractivity (Wildman–Crippen MR) is 74.9 cm³/mol. The maximum atomic E-state index is 12.2. The molecule has 2 N–H and O–H groups in total. The molecule has 20 heavy (non-hydrogen) atoms. The Balaban J connectivity index is 2.27. The summed E-state index contributed by atoms with van der Waals surface area (Å²) in [5.41, 5.74) is 6.90. The second-order valence-electron chi connectivity index (χ2n) is 6.00. The summed E-state index contributed by atoms with van der Waals surface area (Å²) < 4.78 is 5.35. The van der Waals surface area contributed by atoms with Crippen molar-refractivity contribution in [1.29, 1.82) is 0 Å². The van der Waals surface area contributed by atoms with Crippen LogP contribution in [0.2, 0.25) is 0 Å². The van der Waals surface area contributed by atoms with Gasteiger partial charge in [0.05, 0.1) is 6.54 Å². The van der Waals surface area contributed by atoms with Crippen molar-refractivity contribution in [2.45, 2.75) is 45.4 Å². The molecule has 1 atom stereocenters. The van der Waals surface area contributed by atoms with Crippen LogP contribution in [-0.2, 0) is 22.5 Å². The molecule has 0 aromatic heterocycles. The third-order valence-corrected chi connectivity index (χ3v) is 3.20.